The van der Waals surface area contributed by atoms with Crippen molar-refractivity contribution in [3.8, 4) is 0 Å². The van der Waals surface area contributed by atoms with Gasteiger partial charge in [0.1, 0.15) is 5.60 Å². The summed E-state index contributed by atoms with van der Waals surface area (Å²) >= 11 is 0. The van der Waals surface area contributed by atoms with E-state index >= 15 is 0 Å². The molecule has 1 saturated heterocycles. The summed E-state index contributed by atoms with van der Waals surface area (Å²) in [6.45, 7) is 15.6. The molecule has 1 aromatic rings. The van der Waals surface area contributed by atoms with Crippen LogP contribution in [0.3, 0.4) is 0 Å². The standard InChI is InChI=1S/C20H32N2O2/c1-19(2,3)15-16-7-9-17(10-8-16)21-11-13-22(14-12-21)18(23)24-20(4,5)6/h7-10H,11-15H2,1-6H3. The fourth-order valence-corrected chi connectivity index (χ4v) is 2.91. The third-order valence-electron chi connectivity index (χ3n) is 3.97. The van der Waals surface area contributed by atoms with Gasteiger partial charge in [-0.05, 0) is 50.3 Å². The van der Waals surface area contributed by atoms with Gasteiger partial charge in [-0.25, -0.2) is 4.79 Å². The Hall–Kier alpha value is -1.71. The molecule has 0 unspecified atom stereocenters. The Morgan fingerprint density at radius 2 is 1.50 bits per heavy atom. The van der Waals surface area contributed by atoms with Gasteiger partial charge in [0.2, 0.25) is 0 Å². The monoisotopic (exact) mass is 332 g/mol. The molecule has 0 N–H and O–H groups in total. The van der Waals surface area contributed by atoms with Gasteiger partial charge in [-0.1, -0.05) is 32.9 Å². The second-order valence-corrected chi connectivity index (χ2v) is 8.86. The first-order valence-corrected chi connectivity index (χ1v) is 8.85. The summed E-state index contributed by atoms with van der Waals surface area (Å²) in [7, 11) is 0. The lowest BCUT2D eigenvalue weighted by Gasteiger charge is -2.36. The maximum atomic E-state index is 12.1. The smallest absolute Gasteiger partial charge is 0.410 e. The molecular weight excluding hydrogens is 300 g/mol. The van der Waals surface area contributed by atoms with E-state index in [2.05, 4.69) is 49.9 Å². The highest BCUT2D eigenvalue weighted by Gasteiger charge is 2.25. The lowest BCUT2D eigenvalue weighted by atomic mass is 9.88. The Labute approximate surface area is 146 Å². The van der Waals surface area contributed by atoms with Gasteiger partial charge in [0.15, 0.2) is 0 Å². The number of ether oxygens (including phenoxy) is 1. The van der Waals surface area contributed by atoms with Crippen LogP contribution in [0, 0.1) is 5.41 Å². The summed E-state index contributed by atoms with van der Waals surface area (Å²) in [6, 6.07) is 8.84. The predicted molar refractivity (Wildman–Crippen MR) is 99.6 cm³/mol. The molecule has 1 amide bonds. The minimum Gasteiger partial charge on any atom is -0.444 e. The molecule has 0 aliphatic carbocycles. The molecule has 0 bridgehead atoms. The molecule has 134 valence electrons. The SMILES string of the molecule is CC(C)(C)Cc1ccc(N2CCN(C(=O)OC(C)(C)C)CC2)cc1. The maximum absolute atomic E-state index is 12.1. The second kappa shape index (κ2) is 7.04. The van der Waals surface area contributed by atoms with Crippen molar-refractivity contribution in [2.24, 2.45) is 5.41 Å². The topological polar surface area (TPSA) is 32.8 Å². The molecule has 1 heterocycles. The van der Waals surface area contributed by atoms with E-state index in [1.807, 2.05) is 20.8 Å². The summed E-state index contributed by atoms with van der Waals surface area (Å²) < 4.78 is 5.45. The van der Waals surface area contributed by atoms with E-state index in [1.165, 1.54) is 11.3 Å². The van der Waals surface area contributed by atoms with E-state index in [0.717, 1.165) is 19.5 Å². The number of rotatable bonds is 2. The van der Waals surface area contributed by atoms with Crippen molar-refractivity contribution in [1.29, 1.82) is 0 Å². The highest BCUT2D eigenvalue weighted by molar-refractivity contribution is 5.68. The van der Waals surface area contributed by atoms with Crippen molar-refractivity contribution < 1.29 is 9.53 Å². The number of amides is 1. The Morgan fingerprint density at radius 3 is 1.96 bits per heavy atom. The Morgan fingerprint density at radius 1 is 0.958 bits per heavy atom. The van der Waals surface area contributed by atoms with E-state index in [0.29, 0.717) is 18.5 Å². The first-order valence-electron chi connectivity index (χ1n) is 8.85. The van der Waals surface area contributed by atoms with Gasteiger partial charge in [-0.2, -0.15) is 0 Å². The zero-order valence-corrected chi connectivity index (χ0v) is 16.1. The summed E-state index contributed by atoms with van der Waals surface area (Å²) in [5.41, 5.74) is 2.48. The zero-order valence-electron chi connectivity index (χ0n) is 16.1. The summed E-state index contributed by atoms with van der Waals surface area (Å²) in [5, 5.41) is 0. The van der Waals surface area contributed by atoms with E-state index in [9.17, 15) is 4.79 Å². The zero-order chi connectivity index (χ0) is 18.0. The van der Waals surface area contributed by atoms with Gasteiger partial charge < -0.3 is 14.5 Å². The number of benzene rings is 1. The van der Waals surface area contributed by atoms with Crippen molar-refractivity contribution >= 4 is 11.8 Å². The molecule has 0 spiro atoms. The molecule has 2 rings (SSSR count). The average molecular weight is 332 g/mol. The fourth-order valence-electron chi connectivity index (χ4n) is 2.91. The minimum absolute atomic E-state index is 0.206. The molecule has 0 saturated carbocycles. The highest BCUT2D eigenvalue weighted by Crippen LogP contribution is 2.23. The first kappa shape index (κ1) is 18.6. The lowest BCUT2D eigenvalue weighted by molar-refractivity contribution is 0.0240. The number of nitrogens with zero attached hydrogens (tertiary/aromatic N) is 2. The first-order chi connectivity index (χ1) is 11.0. The molecule has 1 aliphatic heterocycles. The van der Waals surface area contributed by atoms with Gasteiger partial charge in [0.05, 0.1) is 0 Å². The van der Waals surface area contributed by atoms with Crippen molar-refractivity contribution in [1.82, 2.24) is 4.90 Å². The van der Waals surface area contributed by atoms with Crippen LogP contribution in [0.2, 0.25) is 0 Å². The van der Waals surface area contributed by atoms with Crippen LogP contribution in [0.25, 0.3) is 0 Å². The molecule has 1 aromatic carbocycles. The quantitative estimate of drug-likeness (QED) is 0.808. The third kappa shape index (κ3) is 5.73. The Balaban J connectivity index is 1.89. The van der Waals surface area contributed by atoms with Crippen molar-refractivity contribution in [2.75, 3.05) is 31.1 Å². The van der Waals surface area contributed by atoms with Crippen LogP contribution >= 0.6 is 0 Å². The Bertz CT molecular complexity index is 544. The van der Waals surface area contributed by atoms with Crippen molar-refractivity contribution in [3.63, 3.8) is 0 Å². The van der Waals surface area contributed by atoms with Gasteiger partial charge in [-0.15, -0.1) is 0 Å². The van der Waals surface area contributed by atoms with Crippen molar-refractivity contribution in [2.45, 2.75) is 53.6 Å². The third-order valence-corrected chi connectivity index (χ3v) is 3.97. The molecule has 24 heavy (non-hydrogen) atoms. The molecule has 0 radical (unpaired) electrons. The molecule has 4 heteroatoms. The largest absolute Gasteiger partial charge is 0.444 e. The van der Waals surface area contributed by atoms with Gasteiger partial charge in [-0.3, -0.25) is 0 Å². The molecule has 1 fully saturated rings. The van der Waals surface area contributed by atoms with E-state index in [1.54, 1.807) is 4.90 Å². The van der Waals surface area contributed by atoms with Crippen LogP contribution in [0.15, 0.2) is 24.3 Å². The number of hydrogen-bond donors (Lipinski definition) is 0. The van der Waals surface area contributed by atoms with Crippen molar-refractivity contribution in [3.05, 3.63) is 29.8 Å². The van der Waals surface area contributed by atoms with Crippen LogP contribution in [0.1, 0.15) is 47.1 Å². The number of carbonyl (C=O) groups is 1. The molecule has 4 nitrogen and oxygen atoms in total. The molecule has 0 aromatic heterocycles. The van der Waals surface area contributed by atoms with Gasteiger partial charge >= 0.3 is 6.09 Å². The fraction of sp³-hybridized carbons (Fsp3) is 0.650. The van der Waals surface area contributed by atoms with Crippen LogP contribution in [-0.4, -0.2) is 42.8 Å². The van der Waals surface area contributed by atoms with Gasteiger partial charge in [0, 0.05) is 31.9 Å². The average Bonchev–Trinajstić information content (AvgIpc) is 2.45. The molecule has 1 aliphatic rings. The van der Waals surface area contributed by atoms with E-state index < -0.39 is 5.60 Å². The molecular formula is C20H32N2O2. The Kier molecular flexibility index (Phi) is 5.46. The summed E-state index contributed by atoms with van der Waals surface area (Å²) in [6.07, 6.45) is 0.877. The predicted octanol–water partition coefficient (Wildman–Crippen LogP) is 4.33. The number of piperazine rings is 1. The van der Waals surface area contributed by atoms with Crippen LogP contribution in [-0.2, 0) is 11.2 Å². The highest BCUT2D eigenvalue weighted by atomic mass is 16.6. The maximum Gasteiger partial charge on any atom is 0.410 e. The number of carbonyl (C=O) groups excluding carboxylic acids is 1. The summed E-state index contributed by atoms with van der Waals surface area (Å²) in [5.74, 6) is 0. The van der Waals surface area contributed by atoms with Crippen LogP contribution in [0.5, 0.6) is 0 Å². The van der Waals surface area contributed by atoms with E-state index in [4.69, 9.17) is 4.74 Å². The van der Waals surface area contributed by atoms with Crippen LogP contribution < -0.4 is 4.90 Å². The summed E-state index contributed by atoms with van der Waals surface area (Å²) in [4.78, 5) is 16.3. The van der Waals surface area contributed by atoms with E-state index in [-0.39, 0.29) is 6.09 Å². The minimum atomic E-state index is -0.433. The lowest BCUT2D eigenvalue weighted by Crippen LogP contribution is -2.50. The van der Waals surface area contributed by atoms with Crippen LogP contribution in [0.4, 0.5) is 10.5 Å². The normalized spacial score (nSPS) is 16.2. The second-order valence-electron chi connectivity index (χ2n) is 8.86. The van der Waals surface area contributed by atoms with Gasteiger partial charge in [0.25, 0.3) is 0 Å². The number of hydrogen-bond acceptors (Lipinski definition) is 3. The molecule has 0 atom stereocenters. The number of anilines is 1.